The molecule has 15 heteroatoms. The number of halogens is 4. The minimum atomic E-state index is -4.76. The topological polar surface area (TPSA) is 126 Å². The number of benzene rings is 1. The summed E-state index contributed by atoms with van der Waals surface area (Å²) in [6.45, 7) is 0. The number of likely N-dealkylation sites (N-methyl/N-ethyl adjacent to an activating group) is 1. The fourth-order valence-electron chi connectivity index (χ4n) is 4.15. The number of sulfonamides is 1. The van der Waals surface area contributed by atoms with Crippen LogP contribution in [0.15, 0.2) is 18.3 Å². The zero-order chi connectivity index (χ0) is 27.5. The highest BCUT2D eigenvalue weighted by atomic mass is 35.5. The van der Waals surface area contributed by atoms with Crippen LogP contribution >= 0.6 is 11.6 Å². The van der Waals surface area contributed by atoms with Crippen LogP contribution in [-0.4, -0.2) is 68.1 Å². The molecule has 1 aliphatic rings. The summed E-state index contributed by atoms with van der Waals surface area (Å²) in [4.78, 5) is 19.9. The van der Waals surface area contributed by atoms with Gasteiger partial charge in [-0.2, -0.15) is 18.2 Å². The number of ether oxygens (including phenoxy) is 1. The molecule has 1 aromatic carbocycles. The Morgan fingerprint density at radius 2 is 1.92 bits per heavy atom. The molecule has 2 atom stereocenters. The van der Waals surface area contributed by atoms with E-state index in [1.54, 1.807) is 0 Å². The molecule has 3 rings (SSSR count). The lowest BCUT2D eigenvalue weighted by atomic mass is 9.90. The van der Waals surface area contributed by atoms with Crippen LogP contribution in [0, 0.1) is 0 Å². The maximum absolute atomic E-state index is 13.8. The van der Waals surface area contributed by atoms with Crippen molar-refractivity contribution in [3.8, 4) is 5.75 Å². The molecular weight excluding hydrogens is 537 g/mol. The lowest BCUT2D eigenvalue weighted by Crippen LogP contribution is -2.49. The molecule has 0 radical (unpaired) electrons. The first kappa shape index (κ1) is 28.7. The number of carbonyl (C=O) groups is 1. The molecular formula is C22H28ClF3N6O4S. The van der Waals surface area contributed by atoms with Crippen molar-refractivity contribution in [1.29, 1.82) is 0 Å². The average molecular weight is 565 g/mol. The predicted octanol–water partition coefficient (Wildman–Crippen LogP) is 3.88. The van der Waals surface area contributed by atoms with Gasteiger partial charge in [-0.3, -0.25) is 4.79 Å². The summed E-state index contributed by atoms with van der Waals surface area (Å²) >= 11 is 6.21. The Morgan fingerprint density at radius 3 is 2.51 bits per heavy atom. The molecule has 1 aliphatic carbocycles. The molecule has 3 N–H and O–H groups in total. The number of anilines is 3. The summed E-state index contributed by atoms with van der Waals surface area (Å²) in [6.07, 6.45) is -0.646. The van der Waals surface area contributed by atoms with Crippen molar-refractivity contribution >= 4 is 45.0 Å². The number of methoxy groups -OCH3 is 1. The SMILES string of the molecule is CNC(=O)c1cc(OC)c(Nc2ncc(C(F)(F)F)c(N[C@@H]3CCCCC3N(C)S(C)(=O)=O)n2)cc1Cl. The molecule has 10 nitrogen and oxygen atoms in total. The van der Waals surface area contributed by atoms with E-state index >= 15 is 0 Å². The zero-order valence-corrected chi connectivity index (χ0v) is 22.2. The van der Waals surface area contributed by atoms with Crippen molar-refractivity contribution in [2.75, 3.05) is 38.1 Å². The maximum Gasteiger partial charge on any atom is 0.421 e. The molecule has 1 saturated carbocycles. The molecule has 37 heavy (non-hydrogen) atoms. The second-order valence-electron chi connectivity index (χ2n) is 8.57. The van der Waals surface area contributed by atoms with Gasteiger partial charge >= 0.3 is 6.18 Å². The van der Waals surface area contributed by atoms with Gasteiger partial charge in [-0.05, 0) is 25.0 Å². The molecule has 0 aliphatic heterocycles. The second-order valence-corrected chi connectivity index (χ2v) is 11.0. The van der Waals surface area contributed by atoms with Crippen LogP contribution in [0.25, 0.3) is 0 Å². The third-order valence-corrected chi connectivity index (χ3v) is 7.77. The van der Waals surface area contributed by atoms with Crippen molar-refractivity contribution < 1.29 is 31.1 Å². The molecule has 2 aromatic rings. The number of carbonyl (C=O) groups excluding carboxylic acids is 1. The molecule has 1 amide bonds. The standard InChI is InChI=1S/C22H28ClF3N6O4S/c1-27-20(33)12-9-18(36-3)16(10-14(12)23)30-21-28-11-13(22(24,25)26)19(31-21)29-15-7-5-6-8-17(15)32(2)37(4,34)35/h9-11,15,17H,5-8H2,1-4H3,(H,27,33)(H2,28,29,30,31)/t15-,17?/m1/s1. The van der Waals surface area contributed by atoms with Gasteiger partial charge in [0.05, 0.1) is 29.6 Å². The second kappa shape index (κ2) is 11.3. The van der Waals surface area contributed by atoms with Gasteiger partial charge < -0.3 is 20.7 Å². The molecule has 1 heterocycles. The lowest BCUT2D eigenvalue weighted by molar-refractivity contribution is -0.137. The highest BCUT2D eigenvalue weighted by Crippen LogP contribution is 2.37. The highest BCUT2D eigenvalue weighted by molar-refractivity contribution is 7.88. The van der Waals surface area contributed by atoms with Gasteiger partial charge in [-0.15, -0.1) is 0 Å². The minimum absolute atomic E-state index is 0.0711. The summed E-state index contributed by atoms with van der Waals surface area (Å²) in [5, 5.41) is 8.14. The van der Waals surface area contributed by atoms with Crippen molar-refractivity contribution in [2.24, 2.45) is 0 Å². The largest absolute Gasteiger partial charge is 0.495 e. The van der Waals surface area contributed by atoms with E-state index in [1.165, 1.54) is 37.6 Å². The fraction of sp³-hybridized carbons (Fsp3) is 0.500. The third-order valence-electron chi connectivity index (χ3n) is 6.14. The first-order chi connectivity index (χ1) is 17.3. The van der Waals surface area contributed by atoms with Gasteiger partial charge in [-0.1, -0.05) is 24.4 Å². The van der Waals surface area contributed by atoms with Gasteiger partial charge in [0.15, 0.2) is 0 Å². The van der Waals surface area contributed by atoms with E-state index in [-0.39, 0.29) is 28.0 Å². The summed E-state index contributed by atoms with van der Waals surface area (Å²) < 4.78 is 72.1. The van der Waals surface area contributed by atoms with Crippen molar-refractivity contribution in [3.05, 3.63) is 34.5 Å². The zero-order valence-electron chi connectivity index (χ0n) is 20.6. The van der Waals surface area contributed by atoms with Gasteiger partial charge in [0.1, 0.15) is 17.1 Å². The van der Waals surface area contributed by atoms with Crippen molar-refractivity contribution in [2.45, 2.75) is 43.9 Å². The average Bonchev–Trinajstić information content (AvgIpc) is 2.82. The number of rotatable bonds is 8. The van der Waals surface area contributed by atoms with E-state index < -0.39 is 45.6 Å². The maximum atomic E-state index is 13.8. The Morgan fingerprint density at radius 1 is 1.24 bits per heavy atom. The van der Waals surface area contributed by atoms with Gasteiger partial charge in [-0.25, -0.2) is 17.7 Å². The number of aromatic nitrogens is 2. The monoisotopic (exact) mass is 564 g/mol. The van der Waals surface area contributed by atoms with Gasteiger partial charge in [0.25, 0.3) is 5.91 Å². The molecule has 0 saturated heterocycles. The van der Waals surface area contributed by atoms with Crippen LogP contribution < -0.4 is 20.7 Å². The van der Waals surface area contributed by atoms with Crippen molar-refractivity contribution in [1.82, 2.24) is 19.6 Å². The van der Waals surface area contributed by atoms with Crippen LogP contribution in [0.4, 0.5) is 30.6 Å². The van der Waals surface area contributed by atoms with Gasteiger partial charge in [0.2, 0.25) is 16.0 Å². The molecule has 1 aromatic heterocycles. The minimum Gasteiger partial charge on any atom is -0.495 e. The van der Waals surface area contributed by atoms with Crippen LogP contribution in [0.1, 0.15) is 41.6 Å². The summed E-state index contributed by atoms with van der Waals surface area (Å²) in [7, 11) is 0.634. The molecule has 1 unspecified atom stereocenters. The quantitative estimate of drug-likeness (QED) is 0.441. The molecule has 1 fully saturated rings. The fourth-order valence-corrected chi connectivity index (χ4v) is 5.14. The number of amides is 1. The van der Waals surface area contributed by atoms with Crippen LogP contribution in [0.3, 0.4) is 0 Å². The summed E-state index contributed by atoms with van der Waals surface area (Å²) in [6, 6.07) is 1.60. The lowest BCUT2D eigenvalue weighted by Gasteiger charge is -2.37. The van der Waals surface area contributed by atoms with Crippen LogP contribution in [-0.2, 0) is 16.2 Å². The Bertz CT molecular complexity index is 1260. The number of hydrogen-bond acceptors (Lipinski definition) is 8. The summed E-state index contributed by atoms with van der Waals surface area (Å²) in [5.74, 6) is -0.950. The number of nitrogens with one attached hydrogen (secondary N) is 3. The van der Waals surface area contributed by atoms with E-state index in [0.29, 0.717) is 19.0 Å². The van der Waals surface area contributed by atoms with E-state index in [2.05, 4.69) is 25.9 Å². The third kappa shape index (κ3) is 6.73. The first-order valence-electron chi connectivity index (χ1n) is 11.3. The normalized spacial score (nSPS) is 18.4. The van der Waals surface area contributed by atoms with E-state index in [0.717, 1.165) is 19.1 Å². The first-order valence-corrected chi connectivity index (χ1v) is 13.5. The number of alkyl halides is 3. The van der Waals surface area contributed by atoms with E-state index in [4.69, 9.17) is 16.3 Å². The number of nitrogens with zero attached hydrogens (tertiary/aromatic N) is 3. The van der Waals surface area contributed by atoms with E-state index in [9.17, 15) is 26.4 Å². The Hall–Kier alpha value is -2.84. The molecule has 0 spiro atoms. The van der Waals surface area contributed by atoms with E-state index in [1.807, 2.05) is 0 Å². The van der Waals surface area contributed by atoms with Crippen LogP contribution in [0.2, 0.25) is 5.02 Å². The molecule has 0 bridgehead atoms. The van der Waals surface area contributed by atoms with Crippen LogP contribution in [0.5, 0.6) is 5.75 Å². The molecule has 204 valence electrons. The Balaban J connectivity index is 1.99. The summed E-state index contributed by atoms with van der Waals surface area (Å²) in [5.41, 5.74) is -0.733. The van der Waals surface area contributed by atoms with Crippen molar-refractivity contribution in [3.63, 3.8) is 0 Å². The predicted molar refractivity (Wildman–Crippen MR) is 134 cm³/mol. The Kier molecular flexibility index (Phi) is 8.75. The Labute approximate surface area is 218 Å². The smallest absolute Gasteiger partial charge is 0.421 e. The van der Waals surface area contributed by atoms with Gasteiger partial charge in [0, 0.05) is 32.4 Å². The number of hydrogen-bond donors (Lipinski definition) is 3. The highest BCUT2D eigenvalue weighted by Gasteiger charge is 2.38.